The van der Waals surface area contributed by atoms with Gasteiger partial charge in [-0.1, -0.05) is 22.9 Å². The van der Waals surface area contributed by atoms with Crippen molar-refractivity contribution in [2.75, 3.05) is 5.32 Å². The summed E-state index contributed by atoms with van der Waals surface area (Å²) < 4.78 is 16.1. The molecule has 2 aromatic heterocycles. The van der Waals surface area contributed by atoms with Crippen LogP contribution in [0.25, 0.3) is 28.0 Å². The predicted molar refractivity (Wildman–Crippen MR) is 131 cm³/mol. The Balaban J connectivity index is 1.47. The fourth-order valence-electron chi connectivity index (χ4n) is 3.28. The Labute approximate surface area is 200 Å². The molecule has 0 unspecified atom stereocenters. The van der Waals surface area contributed by atoms with Crippen molar-refractivity contribution in [3.05, 3.63) is 87.3 Å². The molecule has 5 aromatic rings. The summed E-state index contributed by atoms with van der Waals surface area (Å²) in [6.07, 6.45) is 1.66. The van der Waals surface area contributed by atoms with Gasteiger partial charge in [-0.15, -0.1) is 5.10 Å². The number of nitrogens with zero attached hydrogens (tertiary/aromatic N) is 4. The topological polar surface area (TPSA) is 75.9 Å². The molecule has 2 heterocycles. The van der Waals surface area contributed by atoms with Gasteiger partial charge in [-0.2, -0.15) is 0 Å². The Morgan fingerprint density at radius 2 is 1.88 bits per heavy atom. The number of fused-ring (bicyclic) bond motifs is 1. The Kier molecular flexibility index (Phi) is 5.40. The molecule has 0 bridgehead atoms. The number of halogens is 3. The van der Waals surface area contributed by atoms with Gasteiger partial charge in [-0.05, 0) is 77.2 Å². The SMILES string of the molecule is Oc1ccc(-n2cc(-c3ccc4c(Nc5ccc(Cl)c(I)c5)cccc4n3)nn2)cc1F. The van der Waals surface area contributed by atoms with Crippen molar-refractivity contribution in [2.24, 2.45) is 0 Å². The van der Waals surface area contributed by atoms with Crippen LogP contribution in [-0.4, -0.2) is 25.1 Å². The first-order valence-corrected chi connectivity index (χ1v) is 11.0. The molecule has 0 radical (unpaired) electrons. The molecule has 0 spiro atoms. The number of anilines is 2. The maximum atomic E-state index is 13.7. The number of hydrogen-bond acceptors (Lipinski definition) is 5. The minimum atomic E-state index is -0.723. The van der Waals surface area contributed by atoms with E-state index in [9.17, 15) is 9.50 Å². The number of pyridine rings is 1. The molecule has 0 aliphatic carbocycles. The summed E-state index contributed by atoms with van der Waals surface area (Å²) in [6, 6.07) is 19.5. The maximum absolute atomic E-state index is 13.7. The monoisotopic (exact) mass is 557 g/mol. The van der Waals surface area contributed by atoms with E-state index in [-0.39, 0.29) is 0 Å². The molecule has 32 heavy (non-hydrogen) atoms. The smallest absolute Gasteiger partial charge is 0.166 e. The van der Waals surface area contributed by atoms with E-state index in [0.717, 1.165) is 25.8 Å². The van der Waals surface area contributed by atoms with Crippen LogP contribution in [0.1, 0.15) is 0 Å². The molecule has 0 atom stereocenters. The van der Waals surface area contributed by atoms with E-state index in [1.807, 2.05) is 48.5 Å². The summed E-state index contributed by atoms with van der Waals surface area (Å²) in [4.78, 5) is 4.73. The summed E-state index contributed by atoms with van der Waals surface area (Å²) in [5.74, 6) is -1.14. The zero-order chi connectivity index (χ0) is 22.2. The molecule has 5 rings (SSSR count). The molecule has 9 heteroatoms. The largest absolute Gasteiger partial charge is 0.505 e. The average molecular weight is 558 g/mol. The fourth-order valence-corrected chi connectivity index (χ4v) is 3.91. The summed E-state index contributed by atoms with van der Waals surface area (Å²) >= 11 is 8.32. The molecule has 158 valence electrons. The van der Waals surface area contributed by atoms with E-state index >= 15 is 0 Å². The lowest BCUT2D eigenvalue weighted by atomic mass is 10.1. The number of rotatable bonds is 4. The third kappa shape index (κ3) is 3.98. The number of hydrogen-bond donors (Lipinski definition) is 2. The summed E-state index contributed by atoms with van der Waals surface area (Å²) in [6.45, 7) is 0. The highest BCUT2D eigenvalue weighted by Gasteiger charge is 2.11. The van der Waals surface area contributed by atoms with Gasteiger partial charge in [0.15, 0.2) is 11.6 Å². The zero-order valence-electron chi connectivity index (χ0n) is 16.3. The molecule has 0 aliphatic heterocycles. The van der Waals surface area contributed by atoms with E-state index in [4.69, 9.17) is 16.6 Å². The minimum Gasteiger partial charge on any atom is -0.505 e. The van der Waals surface area contributed by atoms with Crippen LogP contribution in [0.2, 0.25) is 5.02 Å². The lowest BCUT2D eigenvalue weighted by Crippen LogP contribution is -1.95. The third-order valence-electron chi connectivity index (χ3n) is 4.88. The number of aromatic hydroxyl groups is 1. The van der Waals surface area contributed by atoms with Gasteiger partial charge in [0, 0.05) is 26.4 Å². The fraction of sp³-hybridized carbons (Fsp3) is 0. The first-order valence-electron chi connectivity index (χ1n) is 9.51. The molecule has 0 saturated heterocycles. The van der Waals surface area contributed by atoms with Gasteiger partial charge < -0.3 is 10.4 Å². The number of phenolic OH excluding ortho intramolecular Hbond substituents is 1. The van der Waals surface area contributed by atoms with Gasteiger partial charge in [0.2, 0.25) is 0 Å². The van der Waals surface area contributed by atoms with Crippen molar-refractivity contribution < 1.29 is 9.50 Å². The summed E-state index contributed by atoms with van der Waals surface area (Å²) in [5, 5.41) is 22.7. The van der Waals surface area contributed by atoms with E-state index in [1.54, 1.807) is 12.3 Å². The molecular weight excluding hydrogens is 544 g/mol. The van der Waals surface area contributed by atoms with Crippen LogP contribution in [0.3, 0.4) is 0 Å². The Morgan fingerprint density at radius 1 is 1.00 bits per heavy atom. The van der Waals surface area contributed by atoms with E-state index in [1.165, 1.54) is 16.8 Å². The van der Waals surface area contributed by atoms with E-state index in [0.29, 0.717) is 22.1 Å². The van der Waals surface area contributed by atoms with Gasteiger partial charge in [0.1, 0.15) is 5.69 Å². The second-order valence-electron chi connectivity index (χ2n) is 7.01. The number of phenols is 1. The highest BCUT2D eigenvalue weighted by molar-refractivity contribution is 14.1. The zero-order valence-corrected chi connectivity index (χ0v) is 19.2. The van der Waals surface area contributed by atoms with Crippen LogP contribution < -0.4 is 5.32 Å². The molecule has 0 saturated carbocycles. The summed E-state index contributed by atoms with van der Waals surface area (Å²) in [5.41, 5.74) is 4.28. The van der Waals surface area contributed by atoms with Crippen molar-refractivity contribution in [3.8, 4) is 22.8 Å². The highest BCUT2D eigenvalue weighted by atomic mass is 127. The molecule has 0 amide bonds. The predicted octanol–water partition coefficient (Wildman–Crippen LogP) is 6.33. The quantitative estimate of drug-likeness (QED) is 0.253. The van der Waals surface area contributed by atoms with Crippen molar-refractivity contribution in [2.45, 2.75) is 0 Å². The van der Waals surface area contributed by atoms with Crippen molar-refractivity contribution >= 4 is 56.5 Å². The Hall–Kier alpha value is -3.24. The van der Waals surface area contributed by atoms with Crippen LogP contribution >= 0.6 is 34.2 Å². The van der Waals surface area contributed by atoms with E-state index in [2.05, 4.69) is 38.2 Å². The molecule has 0 fully saturated rings. The van der Waals surface area contributed by atoms with Gasteiger partial charge in [-0.3, -0.25) is 0 Å². The van der Waals surface area contributed by atoms with Crippen LogP contribution in [0.5, 0.6) is 5.75 Å². The second kappa shape index (κ2) is 8.36. The average Bonchev–Trinajstić information content (AvgIpc) is 3.28. The van der Waals surface area contributed by atoms with Gasteiger partial charge in [0.05, 0.1) is 28.1 Å². The number of nitrogens with one attached hydrogen (secondary N) is 1. The Morgan fingerprint density at radius 3 is 2.69 bits per heavy atom. The Bertz CT molecular complexity index is 1470. The molecular formula is C23H14ClFIN5O. The highest BCUT2D eigenvalue weighted by Crippen LogP contribution is 2.30. The van der Waals surface area contributed by atoms with E-state index < -0.39 is 11.6 Å². The van der Waals surface area contributed by atoms with Gasteiger partial charge in [0.25, 0.3) is 0 Å². The second-order valence-corrected chi connectivity index (χ2v) is 8.58. The lowest BCUT2D eigenvalue weighted by Gasteiger charge is -2.11. The number of aromatic nitrogens is 4. The van der Waals surface area contributed by atoms with Crippen molar-refractivity contribution in [1.82, 2.24) is 20.0 Å². The molecule has 2 N–H and O–H groups in total. The van der Waals surface area contributed by atoms with Crippen LogP contribution in [0.4, 0.5) is 15.8 Å². The van der Waals surface area contributed by atoms with Crippen LogP contribution in [0.15, 0.2) is 72.9 Å². The van der Waals surface area contributed by atoms with Gasteiger partial charge in [-0.25, -0.2) is 14.1 Å². The first-order chi connectivity index (χ1) is 15.5. The summed E-state index contributed by atoms with van der Waals surface area (Å²) in [7, 11) is 0. The van der Waals surface area contributed by atoms with Crippen molar-refractivity contribution in [3.63, 3.8) is 0 Å². The molecule has 3 aromatic carbocycles. The first kappa shape index (κ1) is 20.7. The third-order valence-corrected chi connectivity index (χ3v) is 6.42. The molecule has 6 nitrogen and oxygen atoms in total. The minimum absolute atomic E-state index is 0.414. The number of benzene rings is 3. The normalized spacial score (nSPS) is 11.1. The molecule has 0 aliphatic rings. The van der Waals surface area contributed by atoms with Crippen LogP contribution in [0, 0.1) is 9.39 Å². The standard InChI is InChI=1S/C23H14ClFIN5O/c24-16-7-4-13(10-18(16)26)27-19-2-1-3-20-15(19)6-8-21(28-20)22-12-31(30-29-22)14-5-9-23(32)17(25)11-14/h1-12,27,32H. The van der Waals surface area contributed by atoms with Crippen molar-refractivity contribution in [1.29, 1.82) is 0 Å². The van der Waals surface area contributed by atoms with Gasteiger partial charge >= 0.3 is 0 Å². The maximum Gasteiger partial charge on any atom is 0.166 e. The van der Waals surface area contributed by atoms with Crippen LogP contribution in [-0.2, 0) is 0 Å². The lowest BCUT2D eigenvalue weighted by molar-refractivity contribution is 0.432.